The van der Waals surface area contributed by atoms with Crippen molar-refractivity contribution in [3.63, 3.8) is 0 Å². The molecule has 0 amide bonds. The van der Waals surface area contributed by atoms with Crippen molar-refractivity contribution in [1.29, 1.82) is 0 Å². The molecule has 0 aromatic carbocycles. The van der Waals surface area contributed by atoms with E-state index in [1.165, 1.54) is 25.8 Å². The van der Waals surface area contributed by atoms with Crippen LogP contribution in [0, 0.1) is 29.1 Å². The highest BCUT2D eigenvalue weighted by molar-refractivity contribution is 4.88. The fraction of sp³-hybridized carbons (Fsp3) is 1.00. The minimum Gasteiger partial charge on any atom is -0.384 e. The summed E-state index contributed by atoms with van der Waals surface area (Å²) in [5, 5.41) is 3.56. The molecule has 0 spiro atoms. The van der Waals surface area contributed by atoms with Crippen LogP contribution in [0.1, 0.15) is 53.9 Å². The molecule has 1 aliphatic rings. The molecule has 1 saturated carbocycles. The van der Waals surface area contributed by atoms with E-state index in [1.807, 2.05) is 7.11 Å². The van der Waals surface area contributed by atoms with Gasteiger partial charge in [-0.05, 0) is 61.4 Å². The highest BCUT2D eigenvalue weighted by Gasteiger charge is 2.37. The SMILES string of the molecule is CCNCC1CCC(C(C)(C)C)CC1C(C)COC. The van der Waals surface area contributed by atoms with E-state index in [0.717, 1.165) is 30.9 Å². The summed E-state index contributed by atoms with van der Waals surface area (Å²) in [4.78, 5) is 0. The molecule has 4 atom stereocenters. The molecule has 19 heavy (non-hydrogen) atoms. The summed E-state index contributed by atoms with van der Waals surface area (Å²) in [6.07, 6.45) is 4.16. The molecule has 114 valence electrons. The predicted molar refractivity (Wildman–Crippen MR) is 83.4 cm³/mol. The maximum Gasteiger partial charge on any atom is 0.0490 e. The lowest BCUT2D eigenvalue weighted by molar-refractivity contribution is 0.0366. The van der Waals surface area contributed by atoms with Gasteiger partial charge in [0.1, 0.15) is 0 Å². The van der Waals surface area contributed by atoms with E-state index in [2.05, 4.69) is 39.9 Å². The van der Waals surface area contributed by atoms with Crippen LogP contribution in [0.2, 0.25) is 0 Å². The molecule has 2 nitrogen and oxygen atoms in total. The summed E-state index contributed by atoms with van der Waals surface area (Å²) in [5.41, 5.74) is 0.453. The van der Waals surface area contributed by atoms with Crippen LogP contribution in [0.3, 0.4) is 0 Å². The standard InChI is InChI=1S/C17H35NO/c1-7-18-11-14-8-9-15(17(3,4)5)10-16(14)13(2)12-19-6/h13-16,18H,7-12H2,1-6H3. The molecular formula is C17H35NO. The normalized spacial score (nSPS) is 30.3. The molecule has 0 saturated heterocycles. The van der Waals surface area contributed by atoms with Gasteiger partial charge < -0.3 is 10.1 Å². The Labute approximate surface area is 120 Å². The average molecular weight is 269 g/mol. The lowest BCUT2D eigenvalue weighted by Crippen LogP contribution is -2.40. The van der Waals surface area contributed by atoms with E-state index in [4.69, 9.17) is 4.74 Å². The molecule has 0 heterocycles. The van der Waals surface area contributed by atoms with Crippen LogP contribution in [0.15, 0.2) is 0 Å². The molecule has 0 radical (unpaired) electrons. The smallest absolute Gasteiger partial charge is 0.0490 e. The summed E-state index contributed by atoms with van der Waals surface area (Å²) in [6.45, 7) is 15.0. The zero-order valence-electron chi connectivity index (χ0n) is 14.0. The lowest BCUT2D eigenvalue weighted by Gasteiger charge is -2.44. The first-order valence-corrected chi connectivity index (χ1v) is 8.09. The number of hydrogen-bond donors (Lipinski definition) is 1. The Kier molecular flexibility index (Phi) is 6.82. The monoisotopic (exact) mass is 269 g/mol. The van der Waals surface area contributed by atoms with Gasteiger partial charge in [-0.2, -0.15) is 0 Å². The van der Waals surface area contributed by atoms with Crippen LogP contribution in [0.4, 0.5) is 0 Å². The van der Waals surface area contributed by atoms with Gasteiger partial charge in [-0.1, -0.05) is 34.6 Å². The zero-order chi connectivity index (χ0) is 14.5. The Morgan fingerprint density at radius 2 is 1.95 bits per heavy atom. The third-order valence-electron chi connectivity index (χ3n) is 5.09. The molecule has 1 fully saturated rings. The van der Waals surface area contributed by atoms with Crippen LogP contribution in [-0.2, 0) is 4.74 Å². The number of ether oxygens (including phenoxy) is 1. The molecule has 4 unspecified atom stereocenters. The number of methoxy groups -OCH3 is 1. The third kappa shape index (κ3) is 5.07. The average Bonchev–Trinajstić information content (AvgIpc) is 2.35. The minimum absolute atomic E-state index is 0.453. The van der Waals surface area contributed by atoms with E-state index >= 15 is 0 Å². The quantitative estimate of drug-likeness (QED) is 0.788. The van der Waals surface area contributed by atoms with Gasteiger partial charge in [0.2, 0.25) is 0 Å². The van der Waals surface area contributed by atoms with Gasteiger partial charge in [-0.15, -0.1) is 0 Å². The van der Waals surface area contributed by atoms with Gasteiger partial charge in [0.15, 0.2) is 0 Å². The first-order chi connectivity index (χ1) is 8.90. The van der Waals surface area contributed by atoms with Crippen molar-refractivity contribution in [3.05, 3.63) is 0 Å². The molecule has 1 N–H and O–H groups in total. The number of nitrogens with one attached hydrogen (secondary N) is 1. The van der Waals surface area contributed by atoms with Crippen molar-refractivity contribution in [2.75, 3.05) is 26.8 Å². The molecule has 0 aliphatic heterocycles. The fourth-order valence-electron chi connectivity index (χ4n) is 3.72. The summed E-state index contributed by atoms with van der Waals surface area (Å²) in [7, 11) is 1.83. The first-order valence-electron chi connectivity index (χ1n) is 8.09. The van der Waals surface area contributed by atoms with Gasteiger partial charge in [0.05, 0.1) is 0 Å². The second-order valence-electron chi connectivity index (χ2n) is 7.54. The van der Waals surface area contributed by atoms with Crippen molar-refractivity contribution in [2.45, 2.75) is 53.9 Å². The van der Waals surface area contributed by atoms with E-state index in [0.29, 0.717) is 11.3 Å². The van der Waals surface area contributed by atoms with Crippen molar-refractivity contribution >= 4 is 0 Å². The fourth-order valence-corrected chi connectivity index (χ4v) is 3.72. The Hall–Kier alpha value is -0.0800. The summed E-state index contributed by atoms with van der Waals surface area (Å²) in [5.74, 6) is 3.20. The Morgan fingerprint density at radius 1 is 1.26 bits per heavy atom. The highest BCUT2D eigenvalue weighted by Crippen LogP contribution is 2.45. The predicted octanol–water partition coefficient (Wildman–Crippen LogP) is 3.96. The number of hydrogen-bond acceptors (Lipinski definition) is 2. The molecule has 0 aromatic heterocycles. The maximum atomic E-state index is 5.41. The topological polar surface area (TPSA) is 21.3 Å². The molecule has 2 heteroatoms. The highest BCUT2D eigenvalue weighted by atomic mass is 16.5. The van der Waals surface area contributed by atoms with Crippen LogP contribution in [0.25, 0.3) is 0 Å². The van der Waals surface area contributed by atoms with Crippen molar-refractivity contribution in [2.24, 2.45) is 29.1 Å². The molecule has 1 aliphatic carbocycles. The Bertz CT molecular complexity index is 246. The molecule has 0 aromatic rings. The second-order valence-corrected chi connectivity index (χ2v) is 7.54. The van der Waals surface area contributed by atoms with Gasteiger partial charge >= 0.3 is 0 Å². The lowest BCUT2D eigenvalue weighted by atomic mass is 9.63. The second kappa shape index (κ2) is 7.64. The van der Waals surface area contributed by atoms with Gasteiger partial charge in [-0.25, -0.2) is 0 Å². The van der Waals surface area contributed by atoms with Gasteiger partial charge in [0.25, 0.3) is 0 Å². The van der Waals surface area contributed by atoms with Crippen LogP contribution in [0.5, 0.6) is 0 Å². The minimum atomic E-state index is 0.453. The van der Waals surface area contributed by atoms with Crippen molar-refractivity contribution in [3.8, 4) is 0 Å². The van der Waals surface area contributed by atoms with Crippen LogP contribution < -0.4 is 5.32 Å². The number of rotatable bonds is 6. The first kappa shape index (κ1) is 17.0. The van der Waals surface area contributed by atoms with E-state index in [1.54, 1.807) is 0 Å². The zero-order valence-corrected chi connectivity index (χ0v) is 14.0. The third-order valence-corrected chi connectivity index (χ3v) is 5.09. The summed E-state index contributed by atoms with van der Waals surface area (Å²) in [6, 6.07) is 0. The largest absolute Gasteiger partial charge is 0.384 e. The Morgan fingerprint density at radius 3 is 2.47 bits per heavy atom. The van der Waals surface area contributed by atoms with Gasteiger partial charge in [0, 0.05) is 13.7 Å². The molecule has 1 rings (SSSR count). The Balaban J connectivity index is 2.68. The maximum absolute atomic E-state index is 5.41. The van der Waals surface area contributed by atoms with E-state index in [-0.39, 0.29) is 0 Å². The summed E-state index contributed by atoms with van der Waals surface area (Å²) >= 11 is 0. The van der Waals surface area contributed by atoms with Gasteiger partial charge in [-0.3, -0.25) is 0 Å². The van der Waals surface area contributed by atoms with E-state index < -0.39 is 0 Å². The van der Waals surface area contributed by atoms with E-state index in [9.17, 15) is 0 Å². The van der Waals surface area contributed by atoms with Crippen molar-refractivity contribution < 1.29 is 4.74 Å². The van der Waals surface area contributed by atoms with Crippen molar-refractivity contribution in [1.82, 2.24) is 5.32 Å². The summed E-state index contributed by atoms with van der Waals surface area (Å²) < 4.78 is 5.41. The molecular weight excluding hydrogens is 234 g/mol. The van der Waals surface area contributed by atoms with Crippen LogP contribution >= 0.6 is 0 Å². The molecule has 0 bridgehead atoms. The van der Waals surface area contributed by atoms with Crippen LogP contribution in [-0.4, -0.2) is 26.8 Å².